The molecule has 0 spiro atoms. The molecule has 1 rings (SSSR count). The minimum absolute atomic E-state index is 0.124. The monoisotopic (exact) mass is 316 g/mol. The van der Waals surface area contributed by atoms with E-state index >= 15 is 0 Å². The largest absolute Gasteiger partial charge is 0.386 e. The third kappa shape index (κ3) is 7.08. The van der Waals surface area contributed by atoms with Crippen LogP contribution in [0, 0.1) is 11.8 Å². The molecule has 22 heavy (non-hydrogen) atoms. The third-order valence-corrected chi connectivity index (χ3v) is 4.32. The van der Waals surface area contributed by atoms with Gasteiger partial charge >= 0.3 is 0 Å². The Labute approximate surface area is 135 Å². The molecule has 1 saturated heterocycles. The molecular formula is C18H34F2N2. The summed E-state index contributed by atoms with van der Waals surface area (Å²) >= 11 is 0. The molecule has 0 bridgehead atoms. The highest BCUT2D eigenvalue weighted by Gasteiger charge is 2.43. The van der Waals surface area contributed by atoms with Crippen LogP contribution < -0.4 is 5.32 Å². The van der Waals surface area contributed by atoms with Crippen LogP contribution in [0.1, 0.15) is 59.8 Å². The smallest absolute Gasteiger partial charge is 0.263 e. The van der Waals surface area contributed by atoms with Crippen molar-refractivity contribution in [2.24, 2.45) is 11.8 Å². The summed E-state index contributed by atoms with van der Waals surface area (Å²) in [6, 6.07) is 0.298. The Hall–Kier alpha value is -0.640. The molecule has 0 aromatic carbocycles. The van der Waals surface area contributed by atoms with Crippen molar-refractivity contribution in [3.63, 3.8) is 0 Å². The van der Waals surface area contributed by atoms with Gasteiger partial charge in [0.1, 0.15) is 0 Å². The molecule has 0 aliphatic carbocycles. The number of alkyl halides is 2. The van der Waals surface area contributed by atoms with Gasteiger partial charge in [-0.3, -0.25) is 4.90 Å². The highest BCUT2D eigenvalue weighted by atomic mass is 19.3. The standard InChI is InChI=1S/C18H34F2N2/c1-14(2)8-6-7-9-17-10-11-22(13-18(17,19)20)12-16(5)21-15(3)4/h14-15,17,21H,5-13H2,1-4H3. The van der Waals surface area contributed by atoms with Gasteiger partial charge in [-0.05, 0) is 39.2 Å². The first kappa shape index (κ1) is 19.4. The number of rotatable bonds is 9. The Morgan fingerprint density at radius 3 is 2.50 bits per heavy atom. The zero-order chi connectivity index (χ0) is 16.8. The summed E-state index contributed by atoms with van der Waals surface area (Å²) in [5.74, 6) is -2.34. The summed E-state index contributed by atoms with van der Waals surface area (Å²) in [4.78, 5) is 1.84. The molecule has 1 atom stereocenters. The van der Waals surface area contributed by atoms with Gasteiger partial charge < -0.3 is 5.32 Å². The van der Waals surface area contributed by atoms with Gasteiger partial charge in [0.15, 0.2) is 0 Å². The molecule has 0 saturated carbocycles. The number of piperidine rings is 1. The van der Waals surface area contributed by atoms with E-state index in [1.165, 1.54) is 0 Å². The van der Waals surface area contributed by atoms with Crippen molar-refractivity contribution < 1.29 is 8.78 Å². The zero-order valence-corrected chi connectivity index (χ0v) is 14.8. The normalized spacial score (nSPS) is 22.3. The molecular weight excluding hydrogens is 282 g/mol. The topological polar surface area (TPSA) is 15.3 Å². The first-order valence-electron chi connectivity index (χ1n) is 8.75. The summed E-state index contributed by atoms with van der Waals surface area (Å²) in [7, 11) is 0. The Kier molecular flexibility index (Phi) is 7.81. The second-order valence-corrected chi connectivity index (χ2v) is 7.54. The fourth-order valence-corrected chi connectivity index (χ4v) is 3.21. The van der Waals surface area contributed by atoms with Gasteiger partial charge in [-0.2, -0.15) is 0 Å². The quantitative estimate of drug-likeness (QED) is 0.622. The summed E-state index contributed by atoms with van der Waals surface area (Å²) < 4.78 is 28.7. The molecule has 0 amide bonds. The zero-order valence-electron chi connectivity index (χ0n) is 14.8. The first-order chi connectivity index (χ1) is 10.2. The van der Waals surface area contributed by atoms with Crippen LogP contribution in [0.2, 0.25) is 0 Å². The van der Waals surface area contributed by atoms with Gasteiger partial charge in [-0.15, -0.1) is 0 Å². The van der Waals surface area contributed by atoms with Gasteiger partial charge in [-0.1, -0.05) is 39.7 Å². The molecule has 1 fully saturated rings. The van der Waals surface area contributed by atoms with Crippen molar-refractivity contribution in [2.45, 2.75) is 71.8 Å². The van der Waals surface area contributed by atoms with Crippen LogP contribution in [0.4, 0.5) is 8.78 Å². The Morgan fingerprint density at radius 2 is 1.95 bits per heavy atom. The highest BCUT2D eigenvalue weighted by molar-refractivity contribution is 4.98. The van der Waals surface area contributed by atoms with E-state index in [9.17, 15) is 8.78 Å². The number of nitrogens with one attached hydrogen (secondary N) is 1. The lowest BCUT2D eigenvalue weighted by Crippen LogP contribution is -2.49. The van der Waals surface area contributed by atoms with Gasteiger partial charge in [0, 0.05) is 24.2 Å². The molecule has 130 valence electrons. The average Bonchev–Trinajstić information content (AvgIpc) is 2.34. The van der Waals surface area contributed by atoms with E-state index < -0.39 is 11.8 Å². The van der Waals surface area contributed by atoms with E-state index in [-0.39, 0.29) is 6.54 Å². The maximum absolute atomic E-state index is 14.3. The SMILES string of the molecule is C=C(CN1CCC(CCCCC(C)C)C(F)(F)C1)NC(C)C. The second-order valence-electron chi connectivity index (χ2n) is 7.54. The number of hydrogen-bond donors (Lipinski definition) is 1. The summed E-state index contributed by atoms with van der Waals surface area (Å²) in [5, 5.41) is 3.20. The lowest BCUT2D eigenvalue weighted by Gasteiger charge is -2.39. The van der Waals surface area contributed by atoms with E-state index in [1.54, 1.807) is 0 Å². The van der Waals surface area contributed by atoms with Crippen molar-refractivity contribution in [3.05, 3.63) is 12.3 Å². The van der Waals surface area contributed by atoms with Crippen LogP contribution in [0.3, 0.4) is 0 Å². The van der Waals surface area contributed by atoms with E-state index in [0.717, 1.165) is 31.5 Å². The predicted octanol–water partition coefficient (Wildman–Crippen LogP) is 4.67. The van der Waals surface area contributed by atoms with Crippen LogP contribution in [0.25, 0.3) is 0 Å². The third-order valence-electron chi connectivity index (χ3n) is 4.32. The van der Waals surface area contributed by atoms with Crippen LogP contribution in [-0.4, -0.2) is 36.5 Å². The van der Waals surface area contributed by atoms with Crippen molar-refractivity contribution >= 4 is 0 Å². The predicted molar refractivity (Wildman–Crippen MR) is 90.2 cm³/mol. The van der Waals surface area contributed by atoms with Gasteiger partial charge in [0.05, 0.1) is 6.54 Å². The number of unbranched alkanes of at least 4 members (excludes halogenated alkanes) is 1. The lowest BCUT2D eigenvalue weighted by molar-refractivity contribution is -0.112. The average molecular weight is 316 g/mol. The van der Waals surface area contributed by atoms with E-state index in [4.69, 9.17) is 0 Å². The van der Waals surface area contributed by atoms with Gasteiger partial charge in [0.25, 0.3) is 5.92 Å². The van der Waals surface area contributed by atoms with Gasteiger partial charge in [-0.25, -0.2) is 8.78 Å². The molecule has 0 radical (unpaired) electrons. The first-order valence-corrected chi connectivity index (χ1v) is 8.75. The molecule has 1 N–H and O–H groups in total. The fraction of sp³-hybridized carbons (Fsp3) is 0.889. The minimum Gasteiger partial charge on any atom is -0.386 e. The number of halogens is 2. The second kappa shape index (κ2) is 8.85. The molecule has 1 heterocycles. The maximum atomic E-state index is 14.3. The van der Waals surface area contributed by atoms with Crippen molar-refractivity contribution in [3.8, 4) is 0 Å². The molecule has 4 heteroatoms. The lowest BCUT2D eigenvalue weighted by atomic mass is 9.87. The van der Waals surface area contributed by atoms with Crippen molar-refractivity contribution in [1.29, 1.82) is 0 Å². The van der Waals surface area contributed by atoms with Gasteiger partial charge in [0.2, 0.25) is 0 Å². The highest BCUT2D eigenvalue weighted by Crippen LogP contribution is 2.36. The fourth-order valence-electron chi connectivity index (χ4n) is 3.21. The molecule has 1 aliphatic rings. The molecule has 1 aliphatic heterocycles. The van der Waals surface area contributed by atoms with Crippen molar-refractivity contribution in [1.82, 2.24) is 10.2 Å². The Morgan fingerprint density at radius 1 is 1.27 bits per heavy atom. The van der Waals surface area contributed by atoms with E-state index in [0.29, 0.717) is 31.3 Å². The van der Waals surface area contributed by atoms with E-state index in [1.807, 2.05) is 18.7 Å². The van der Waals surface area contributed by atoms with E-state index in [2.05, 4.69) is 25.7 Å². The number of likely N-dealkylation sites (tertiary alicyclic amines) is 1. The van der Waals surface area contributed by atoms with Crippen LogP contribution in [0.5, 0.6) is 0 Å². The molecule has 0 aromatic rings. The Bertz CT molecular complexity index is 340. The van der Waals surface area contributed by atoms with Crippen LogP contribution >= 0.6 is 0 Å². The summed E-state index contributed by atoms with van der Waals surface area (Å²) in [6.45, 7) is 13.5. The Balaban J connectivity index is 2.36. The summed E-state index contributed by atoms with van der Waals surface area (Å²) in [5.41, 5.74) is 0.834. The molecule has 0 aromatic heterocycles. The van der Waals surface area contributed by atoms with Crippen molar-refractivity contribution in [2.75, 3.05) is 19.6 Å². The number of nitrogens with zero attached hydrogens (tertiary/aromatic N) is 1. The van der Waals surface area contributed by atoms with Crippen LogP contribution in [0.15, 0.2) is 12.3 Å². The maximum Gasteiger partial charge on any atom is 0.263 e. The number of hydrogen-bond acceptors (Lipinski definition) is 2. The minimum atomic E-state index is -2.56. The molecule has 1 unspecified atom stereocenters. The molecule has 2 nitrogen and oxygen atoms in total. The van der Waals surface area contributed by atoms with Crippen LogP contribution in [-0.2, 0) is 0 Å². The summed E-state index contributed by atoms with van der Waals surface area (Å²) in [6.07, 6.45) is 4.41.